The minimum Gasteiger partial charge on any atom is -0.478 e. The number of rotatable bonds is 8. The number of para-hydroxylation sites is 1. The van der Waals surface area contributed by atoms with E-state index in [4.69, 9.17) is 4.74 Å². The van der Waals surface area contributed by atoms with Crippen LogP contribution in [0, 0.1) is 11.7 Å². The maximum atomic E-state index is 13.8. The lowest BCUT2D eigenvalue weighted by Gasteiger charge is -2.24. The van der Waals surface area contributed by atoms with Crippen molar-refractivity contribution < 1.29 is 13.9 Å². The summed E-state index contributed by atoms with van der Waals surface area (Å²) in [6.45, 7) is 6.09. The summed E-state index contributed by atoms with van der Waals surface area (Å²) in [5.74, 6) is -0.154. The molecule has 0 saturated heterocycles. The van der Waals surface area contributed by atoms with Crippen molar-refractivity contribution >= 4 is 5.91 Å². The molecule has 1 amide bonds. The highest BCUT2D eigenvalue weighted by Crippen LogP contribution is 2.23. The van der Waals surface area contributed by atoms with Gasteiger partial charge in [0, 0.05) is 0 Å². The molecular formula is C21H26FNO2. The Labute approximate surface area is 149 Å². The molecule has 0 saturated carbocycles. The number of hydrogen-bond donors (Lipinski definition) is 1. The van der Waals surface area contributed by atoms with Crippen molar-refractivity contribution in [2.75, 3.05) is 0 Å². The minimum atomic E-state index is -0.727. The van der Waals surface area contributed by atoms with Gasteiger partial charge in [0.25, 0.3) is 5.91 Å². The Morgan fingerprint density at radius 3 is 2.32 bits per heavy atom. The first kappa shape index (κ1) is 19.0. The van der Waals surface area contributed by atoms with Gasteiger partial charge in [0.1, 0.15) is 0 Å². The fourth-order valence-corrected chi connectivity index (χ4v) is 2.72. The third kappa shape index (κ3) is 5.59. The molecule has 0 aliphatic heterocycles. The van der Waals surface area contributed by atoms with E-state index < -0.39 is 11.9 Å². The number of nitrogens with one attached hydrogen (secondary N) is 1. The number of carbonyl (C=O) groups excluding carboxylic acids is 1. The molecule has 0 fully saturated rings. The van der Waals surface area contributed by atoms with Crippen LogP contribution in [0.3, 0.4) is 0 Å². The van der Waals surface area contributed by atoms with Gasteiger partial charge < -0.3 is 10.1 Å². The SMILES string of the molecule is CC[C@@H](Oc1ccccc1F)C(=O)N[C@@H](CC(C)C)c1ccccc1. The molecule has 2 aromatic rings. The predicted octanol–water partition coefficient (Wildman–Crippen LogP) is 4.89. The molecule has 0 radical (unpaired) electrons. The second kappa shape index (κ2) is 9.21. The summed E-state index contributed by atoms with van der Waals surface area (Å²) < 4.78 is 19.4. The van der Waals surface area contributed by atoms with E-state index in [1.807, 2.05) is 37.3 Å². The van der Waals surface area contributed by atoms with Gasteiger partial charge in [-0.2, -0.15) is 0 Å². The summed E-state index contributed by atoms with van der Waals surface area (Å²) in [5.41, 5.74) is 1.06. The summed E-state index contributed by atoms with van der Waals surface area (Å²) in [5, 5.41) is 3.07. The molecule has 25 heavy (non-hydrogen) atoms. The molecule has 0 unspecified atom stereocenters. The van der Waals surface area contributed by atoms with Crippen LogP contribution >= 0.6 is 0 Å². The van der Waals surface area contributed by atoms with Gasteiger partial charge in [-0.15, -0.1) is 0 Å². The molecular weight excluding hydrogens is 317 g/mol. The highest BCUT2D eigenvalue weighted by molar-refractivity contribution is 5.81. The van der Waals surface area contributed by atoms with Crippen LogP contribution < -0.4 is 10.1 Å². The Hall–Kier alpha value is -2.36. The maximum Gasteiger partial charge on any atom is 0.261 e. The summed E-state index contributed by atoms with van der Waals surface area (Å²) >= 11 is 0. The Kier molecular flexibility index (Phi) is 6.99. The van der Waals surface area contributed by atoms with Crippen LogP contribution in [-0.4, -0.2) is 12.0 Å². The molecule has 0 aromatic heterocycles. The van der Waals surface area contributed by atoms with E-state index >= 15 is 0 Å². The van der Waals surface area contributed by atoms with E-state index in [-0.39, 0.29) is 17.7 Å². The van der Waals surface area contributed by atoms with Crippen molar-refractivity contribution in [3.63, 3.8) is 0 Å². The standard InChI is InChI=1S/C21H26FNO2/c1-4-19(25-20-13-9-8-12-17(20)22)21(24)23-18(14-15(2)3)16-10-6-5-7-11-16/h5-13,15,18-19H,4,14H2,1-3H3,(H,23,24)/t18-,19+/m0/s1. The number of amides is 1. The van der Waals surface area contributed by atoms with E-state index in [1.54, 1.807) is 12.1 Å². The molecule has 0 bridgehead atoms. The second-order valence-corrected chi connectivity index (χ2v) is 6.55. The largest absolute Gasteiger partial charge is 0.478 e. The predicted molar refractivity (Wildman–Crippen MR) is 97.9 cm³/mol. The number of carbonyl (C=O) groups is 1. The molecule has 134 valence electrons. The van der Waals surface area contributed by atoms with Gasteiger partial charge in [-0.25, -0.2) is 4.39 Å². The van der Waals surface area contributed by atoms with E-state index in [2.05, 4.69) is 19.2 Å². The van der Waals surface area contributed by atoms with Crippen molar-refractivity contribution in [2.45, 2.75) is 45.8 Å². The van der Waals surface area contributed by atoms with Crippen LogP contribution in [0.5, 0.6) is 5.75 Å². The number of ether oxygens (including phenoxy) is 1. The lowest BCUT2D eigenvalue weighted by molar-refractivity contribution is -0.129. The summed E-state index contributed by atoms with van der Waals surface area (Å²) in [7, 11) is 0. The fourth-order valence-electron chi connectivity index (χ4n) is 2.72. The summed E-state index contributed by atoms with van der Waals surface area (Å²) in [4.78, 5) is 12.7. The van der Waals surface area contributed by atoms with Crippen LogP contribution in [0.2, 0.25) is 0 Å². The third-order valence-corrected chi connectivity index (χ3v) is 3.99. The zero-order valence-corrected chi connectivity index (χ0v) is 15.0. The quantitative estimate of drug-likeness (QED) is 0.741. The van der Waals surface area contributed by atoms with Gasteiger partial charge in [0.05, 0.1) is 6.04 Å². The van der Waals surface area contributed by atoms with E-state index in [0.29, 0.717) is 12.3 Å². The van der Waals surface area contributed by atoms with Crippen molar-refractivity contribution in [2.24, 2.45) is 5.92 Å². The van der Waals surface area contributed by atoms with Gasteiger partial charge in [-0.1, -0.05) is 63.2 Å². The van der Waals surface area contributed by atoms with E-state index in [9.17, 15) is 9.18 Å². The summed E-state index contributed by atoms with van der Waals surface area (Å²) in [6.07, 6.45) is 0.560. The maximum absolute atomic E-state index is 13.8. The number of halogens is 1. The van der Waals surface area contributed by atoms with Crippen LogP contribution in [-0.2, 0) is 4.79 Å². The molecule has 0 aliphatic carbocycles. The highest BCUT2D eigenvalue weighted by atomic mass is 19.1. The van der Waals surface area contributed by atoms with Gasteiger partial charge in [0.2, 0.25) is 0 Å². The molecule has 2 rings (SSSR count). The first-order chi connectivity index (χ1) is 12.0. The lowest BCUT2D eigenvalue weighted by atomic mass is 9.96. The van der Waals surface area contributed by atoms with Crippen LogP contribution in [0.4, 0.5) is 4.39 Å². The number of benzene rings is 2. The third-order valence-electron chi connectivity index (χ3n) is 3.99. The van der Waals surface area contributed by atoms with Crippen LogP contribution in [0.25, 0.3) is 0 Å². The minimum absolute atomic E-state index is 0.0908. The second-order valence-electron chi connectivity index (χ2n) is 6.55. The number of hydrogen-bond acceptors (Lipinski definition) is 2. The van der Waals surface area contributed by atoms with Crippen molar-refractivity contribution in [1.82, 2.24) is 5.32 Å². The molecule has 4 heteroatoms. The zero-order chi connectivity index (χ0) is 18.2. The smallest absolute Gasteiger partial charge is 0.261 e. The molecule has 3 nitrogen and oxygen atoms in total. The molecule has 0 heterocycles. The van der Waals surface area contributed by atoms with E-state index in [0.717, 1.165) is 12.0 Å². The average molecular weight is 343 g/mol. The topological polar surface area (TPSA) is 38.3 Å². The van der Waals surface area contributed by atoms with Gasteiger partial charge >= 0.3 is 0 Å². The van der Waals surface area contributed by atoms with Crippen molar-refractivity contribution in [3.05, 3.63) is 66.0 Å². The average Bonchev–Trinajstić information content (AvgIpc) is 2.60. The summed E-state index contributed by atoms with van der Waals surface area (Å²) in [6, 6.07) is 15.9. The fraction of sp³-hybridized carbons (Fsp3) is 0.381. The van der Waals surface area contributed by atoms with Gasteiger partial charge in [0.15, 0.2) is 17.7 Å². The molecule has 2 aromatic carbocycles. The lowest BCUT2D eigenvalue weighted by Crippen LogP contribution is -2.40. The van der Waals surface area contributed by atoms with Gasteiger partial charge in [-0.05, 0) is 36.5 Å². The van der Waals surface area contributed by atoms with E-state index in [1.165, 1.54) is 12.1 Å². The molecule has 0 spiro atoms. The Morgan fingerprint density at radius 2 is 1.72 bits per heavy atom. The Bertz CT molecular complexity index is 673. The normalized spacial score (nSPS) is 13.3. The Balaban J connectivity index is 2.11. The highest BCUT2D eigenvalue weighted by Gasteiger charge is 2.24. The van der Waals surface area contributed by atoms with Crippen LogP contribution in [0.1, 0.15) is 45.2 Å². The molecule has 0 aliphatic rings. The first-order valence-electron chi connectivity index (χ1n) is 8.77. The monoisotopic (exact) mass is 343 g/mol. The zero-order valence-electron chi connectivity index (χ0n) is 15.0. The van der Waals surface area contributed by atoms with Crippen molar-refractivity contribution in [3.8, 4) is 5.75 Å². The van der Waals surface area contributed by atoms with Crippen molar-refractivity contribution in [1.29, 1.82) is 0 Å². The molecule has 1 N–H and O–H groups in total. The molecule has 2 atom stereocenters. The van der Waals surface area contributed by atoms with Gasteiger partial charge in [-0.3, -0.25) is 4.79 Å². The van der Waals surface area contributed by atoms with Crippen LogP contribution in [0.15, 0.2) is 54.6 Å². The Morgan fingerprint density at radius 1 is 1.08 bits per heavy atom. The first-order valence-corrected chi connectivity index (χ1v) is 8.77.